The summed E-state index contributed by atoms with van der Waals surface area (Å²) in [6.07, 6.45) is 2.58. The molecule has 1 aliphatic heterocycles. The Labute approximate surface area is 127 Å². The van der Waals surface area contributed by atoms with Gasteiger partial charge in [0.1, 0.15) is 6.04 Å². The molecular formula is C14H19NO3S2. The van der Waals surface area contributed by atoms with Crippen molar-refractivity contribution in [2.45, 2.75) is 44.5 Å². The first-order chi connectivity index (χ1) is 9.60. The second kappa shape index (κ2) is 6.63. The number of amides is 1. The lowest BCUT2D eigenvalue weighted by Crippen LogP contribution is -2.45. The molecule has 1 N–H and O–H groups in total. The van der Waals surface area contributed by atoms with Gasteiger partial charge >= 0.3 is 5.97 Å². The highest BCUT2D eigenvalue weighted by molar-refractivity contribution is 8.00. The molecule has 110 valence electrons. The molecule has 1 aliphatic rings. The molecule has 2 rings (SSSR count). The van der Waals surface area contributed by atoms with Crippen molar-refractivity contribution in [2.24, 2.45) is 0 Å². The van der Waals surface area contributed by atoms with Crippen LogP contribution in [0.2, 0.25) is 0 Å². The summed E-state index contributed by atoms with van der Waals surface area (Å²) in [7, 11) is 0. The number of hydrogen-bond donors (Lipinski definition) is 1. The summed E-state index contributed by atoms with van der Waals surface area (Å²) >= 11 is 2.99. The van der Waals surface area contributed by atoms with Crippen LogP contribution < -0.4 is 0 Å². The maximum atomic E-state index is 12.7. The minimum absolute atomic E-state index is 0.0135. The largest absolute Gasteiger partial charge is 0.480 e. The van der Waals surface area contributed by atoms with E-state index >= 15 is 0 Å². The highest BCUT2D eigenvalue weighted by Crippen LogP contribution is 2.35. The van der Waals surface area contributed by atoms with Crippen LogP contribution in [-0.2, 0) is 11.2 Å². The van der Waals surface area contributed by atoms with E-state index in [0.717, 1.165) is 24.8 Å². The molecule has 2 atom stereocenters. The molecule has 1 aromatic heterocycles. The van der Waals surface area contributed by atoms with Gasteiger partial charge in [0.05, 0.1) is 10.3 Å². The molecule has 0 radical (unpaired) electrons. The molecule has 0 bridgehead atoms. The lowest BCUT2D eigenvalue weighted by molar-refractivity contribution is -0.141. The molecule has 0 saturated carbocycles. The molecule has 6 heteroatoms. The summed E-state index contributed by atoms with van der Waals surface area (Å²) in [5.41, 5.74) is 1.01. The van der Waals surface area contributed by atoms with E-state index in [1.807, 2.05) is 18.4 Å². The molecule has 2 unspecified atom stereocenters. The van der Waals surface area contributed by atoms with Crippen LogP contribution in [0.3, 0.4) is 0 Å². The average Bonchev–Trinajstić information content (AvgIpc) is 3.04. The van der Waals surface area contributed by atoms with Crippen molar-refractivity contribution in [1.29, 1.82) is 0 Å². The Balaban J connectivity index is 2.29. The average molecular weight is 313 g/mol. The molecule has 4 nitrogen and oxygen atoms in total. The number of carboxylic acids is 1. The van der Waals surface area contributed by atoms with Gasteiger partial charge < -0.3 is 10.0 Å². The number of aliphatic carboxylic acids is 1. The fourth-order valence-corrected chi connectivity index (χ4v) is 4.87. The number of nitrogens with zero attached hydrogens (tertiary/aromatic N) is 1. The molecular weight excluding hydrogens is 294 g/mol. The van der Waals surface area contributed by atoms with Crippen LogP contribution in [0.15, 0.2) is 11.4 Å². The van der Waals surface area contributed by atoms with Crippen LogP contribution in [-0.4, -0.2) is 39.1 Å². The quantitative estimate of drug-likeness (QED) is 0.907. The van der Waals surface area contributed by atoms with E-state index in [1.54, 1.807) is 16.7 Å². The van der Waals surface area contributed by atoms with Crippen LogP contribution >= 0.6 is 23.1 Å². The molecule has 1 amide bonds. The molecule has 1 saturated heterocycles. The van der Waals surface area contributed by atoms with E-state index in [9.17, 15) is 14.7 Å². The SMILES string of the molecule is CCCC1SCC(C(=O)O)N1C(=O)c1sccc1CC. The fraction of sp³-hybridized carbons (Fsp3) is 0.571. The van der Waals surface area contributed by atoms with E-state index in [2.05, 4.69) is 6.92 Å². The predicted molar refractivity (Wildman–Crippen MR) is 82.4 cm³/mol. The summed E-state index contributed by atoms with van der Waals surface area (Å²) < 4.78 is 0. The number of aryl methyl sites for hydroxylation is 1. The van der Waals surface area contributed by atoms with Crippen LogP contribution in [0.4, 0.5) is 0 Å². The zero-order chi connectivity index (χ0) is 14.7. The molecule has 0 aliphatic carbocycles. The first-order valence-electron chi connectivity index (χ1n) is 6.83. The van der Waals surface area contributed by atoms with Crippen molar-refractivity contribution in [3.8, 4) is 0 Å². The maximum Gasteiger partial charge on any atom is 0.327 e. The fourth-order valence-electron chi connectivity index (χ4n) is 2.41. The van der Waals surface area contributed by atoms with Gasteiger partial charge in [0.2, 0.25) is 0 Å². The van der Waals surface area contributed by atoms with Crippen molar-refractivity contribution in [3.05, 3.63) is 21.9 Å². The van der Waals surface area contributed by atoms with Gasteiger partial charge in [-0.1, -0.05) is 20.3 Å². The van der Waals surface area contributed by atoms with E-state index in [1.165, 1.54) is 11.3 Å². The highest BCUT2D eigenvalue weighted by atomic mass is 32.2. The van der Waals surface area contributed by atoms with Crippen molar-refractivity contribution < 1.29 is 14.7 Å². The number of carboxylic acid groups (broad SMARTS) is 1. The third kappa shape index (κ3) is 2.86. The molecule has 20 heavy (non-hydrogen) atoms. The van der Waals surface area contributed by atoms with Gasteiger partial charge in [-0.15, -0.1) is 23.1 Å². The summed E-state index contributed by atoms with van der Waals surface area (Å²) in [5, 5.41) is 11.2. The van der Waals surface area contributed by atoms with Gasteiger partial charge in [-0.3, -0.25) is 4.79 Å². The summed E-state index contributed by atoms with van der Waals surface area (Å²) in [4.78, 5) is 26.4. The van der Waals surface area contributed by atoms with Gasteiger partial charge in [-0.25, -0.2) is 4.79 Å². The lowest BCUT2D eigenvalue weighted by Gasteiger charge is -2.27. The normalized spacial score (nSPS) is 22.2. The number of carbonyl (C=O) groups is 2. The van der Waals surface area contributed by atoms with E-state index in [0.29, 0.717) is 10.6 Å². The number of carbonyl (C=O) groups excluding carboxylic acids is 1. The summed E-state index contributed by atoms with van der Waals surface area (Å²) in [5.74, 6) is -0.537. The van der Waals surface area contributed by atoms with Gasteiger partial charge in [0.15, 0.2) is 0 Å². The van der Waals surface area contributed by atoms with Gasteiger partial charge in [-0.2, -0.15) is 0 Å². The second-order valence-electron chi connectivity index (χ2n) is 4.77. The first kappa shape index (κ1) is 15.4. The van der Waals surface area contributed by atoms with Crippen LogP contribution in [0.25, 0.3) is 0 Å². The Hall–Kier alpha value is -1.01. The number of thiophene rings is 1. The predicted octanol–water partition coefficient (Wildman–Crippen LogP) is 3.08. The van der Waals surface area contributed by atoms with Crippen molar-refractivity contribution >= 4 is 35.0 Å². The van der Waals surface area contributed by atoms with Crippen molar-refractivity contribution in [3.63, 3.8) is 0 Å². The Morgan fingerprint density at radius 1 is 1.45 bits per heavy atom. The van der Waals surface area contributed by atoms with Crippen LogP contribution in [0.1, 0.15) is 41.9 Å². The molecule has 2 heterocycles. The minimum atomic E-state index is -0.904. The molecule has 0 aromatic carbocycles. The molecule has 1 aromatic rings. The smallest absolute Gasteiger partial charge is 0.327 e. The van der Waals surface area contributed by atoms with Crippen LogP contribution in [0, 0.1) is 0 Å². The molecule has 1 fully saturated rings. The third-order valence-corrected chi connectivity index (χ3v) is 5.77. The van der Waals surface area contributed by atoms with Gasteiger partial charge in [0, 0.05) is 5.75 Å². The van der Waals surface area contributed by atoms with E-state index < -0.39 is 12.0 Å². The maximum absolute atomic E-state index is 12.7. The number of rotatable bonds is 5. The Morgan fingerprint density at radius 3 is 2.80 bits per heavy atom. The standard InChI is InChI=1S/C14H19NO3S2/c1-3-5-11-15(10(8-20-11)14(17)18)13(16)12-9(4-2)6-7-19-12/h6-7,10-11H,3-5,8H2,1-2H3,(H,17,18). The highest BCUT2D eigenvalue weighted by Gasteiger charge is 2.42. The van der Waals surface area contributed by atoms with Crippen molar-refractivity contribution in [2.75, 3.05) is 5.75 Å². The summed E-state index contributed by atoms with van der Waals surface area (Å²) in [6.45, 7) is 4.07. The Bertz CT molecular complexity index is 500. The van der Waals surface area contributed by atoms with Crippen molar-refractivity contribution in [1.82, 2.24) is 4.90 Å². The van der Waals surface area contributed by atoms with Gasteiger partial charge in [-0.05, 0) is 29.9 Å². The topological polar surface area (TPSA) is 57.6 Å². The Morgan fingerprint density at radius 2 is 2.20 bits per heavy atom. The lowest BCUT2D eigenvalue weighted by atomic mass is 10.1. The second-order valence-corrected chi connectivity index (χ2v) is 6.90. The third-order valence-electron chi connectivity index (χ3n) is 3.47. The zero-order valence-electron chi connectivity index (χ0n) is 11.7. The van der Waals surface area contributed by atoms with E-state index in [-0.39, 0.29) is 11.3 Å². The number of thioether (sulfide) groups is 1. The zero-order valence-corrected chi connectivity index (χ0v) is 13.3. The van der Waals surface area contributed by atoms with E-state index in [4.69, 9.17) is 0 Å². The Kier molecular flexibility index (Phi) is 5.10. The molecule has 0 spiro atoms. The van der Waals surface area contributed by atoms with Crippen LogP contribution in [0.5, 0.6) is 0 Å². The minimum Gasteiger partial charge on any atom is -0.480 e. The first-order valence-corrected chi connectivity index (χ1v) is 8.76. The number of hydrogen-bond acceptors (Lipinski definition) is 4. The monoisotopic (exact) mass is 313 g/mol. The summed E-state index contributed by atoms with van der Waals surface area (Å²) in [6, 6.07) is 1.25. The van der Waals surface area contributed by atoms with Gasteiger partial charge in [0.25, 0.3) is 5.91 Å².